The van der Waals surface area contributed by atoms with E-state index < -0.39 is 10.0 Å². The van der Waals surface area contributed by atoms with Crippen LogP contribution in [0.5, 0.6) is 0 Å². The lowest BCUT2D eigenvalue weighted by molar-refractivity contribution is -0.120. The first-order valence-electron chi connectivity index (χ1n) is 7.14. The van der Waals surface area contributed by atoms with Gasteiger partial charge in [0.1, 0.15) is 0 Å². The van der Waals surface area contributed by atoms with Crippen LogP contribution in [0.4, 0.5) is 0 Å². The number of carbonyl (C=O) groups is 2. The van der Waals surface area contributed by atoms with Gasteiger partial charge in [0.05, 0.1) is 20.1 Å². The standard InChI is InChI=1S/C15H16BrN3O4S2/c1-17-25(22,23)11-4-2-3-10(7-11)8-18-14(20)9-19-15(21)12-5-6-13(16)24-12/h2-7,17H,8-9H2,1H3,(H,18,20)(H,19,21). The second kappa shape index (κ2) is 8.56. The average Bonchev–Trinajstić information content (AvgIpc) is 3.04. The highest BCUT2D eigenvalue weighted by Gasteiger charge is 2.12. The van der Waals surface area contributed by atoms with Crippen molar-refractivity contribution in [2.75, 3.05) is 13.6 Å². The summed E-state index contributed by atoms with van der Waals surface area (Å²) in [6, 6.07) is 9.67. The second-order valence-electron chi connectivity index (χ2n) is 4.92. The molecule has 2 rings (SSSR count). The molecule has 3 N–H and O–H groups in total. The normalized spacial score (nSPS) is 11.1. The molecule has 0 unspecified atom stereocenters. The lowest BCUT2D eigenvalue weighted by Crippen LogP contribution is -2.36. The third-order valence-corrected chi connectivity index (χ3v) is 6.21. The molecule has 0 saturated heterocycles. The first-order chi connectivity index (χ1) is 11.8. The zero-order valence-electron chi connectivity index (χ0n) is 13.2. The van der Waals surface area contributed by atoms with Gasteiger partial charge in [0, 0.05) is 6.54 Å². The van der Waals surface area contributed by atoms with Gasteiger partial charge in [-0.25, -0.2) is 13.1 Å². The van der Waals surface area contributed by atoms with Crippen molar-refractivity contribution in [2.24, 2.45) is 0 Å². The zero-order chi connectivity index (χ0) is 18.4. The molecule has 0 aliphatic carbocycles. The Morgan fingerprint density at radius 1 is 1.16 bits per heavy atom. The monoisotopic (exact) mass is 445 g/mol. The molecule has 0 spiro atoms. The smallest absolute Gasteiger partial charge is 0.261 e. The van der Waals surface area contributed by atoms with Crippen molar-refractivity contribution in [3.8, 4) is 0 Å². The number of benzene rings is 1. The Labute approximate surface area is 158 Å². The van der Waals surface area contributed by atoms with Gasteiger partial charge in [-0.05, 0) is 52.8 Å². The molecular formula is C15H16BrN3O4S2. The third-order valence-electron chi connectivity index (χ3n) is 3.17. The van der Waals surface area contributed by atoms with E-state index in [0.29, 0.717) is 10.4 Å². The molecule has 1 aromatic carbocycles. The van der Waals surface area contributed by atoms with Crippen molar-refractivity contribution in [1.29, 1.82) is 0 Å². The molecule has 7 nitrogen and oxygen atoms in total. The van der Waals surface area contributed by atoms with Gasteiger partial charge in [0.25, 0.3) is 5.91 Å². The molecule has 0 atom stereocenters. The molecule has 134 valence electrons. The van der Waals surface area contributed by atoms with Gasteiger partial charge in [0.15, 0.2) is 0 Å². The van der Waals surface area contributed by atoms with Crippen molar-refractivity contribution >= 4 is 49.1 Å². The van der Waals surface area contributed by atoms with Gasteiger partial charge in [-0.1, -0.05) is 12.1 Å². The van der Waals surface area contributed by atoms with Crippen LogP contribution in [0, 0.1) is 0 Å². The molecule has 0 radical (unpaired) electrons. The van der Waals surface area contributed by atoms with Crippen LogP contribution < -0.4 is 15.4 Å². The van der Waals surface area contributed by atoms with Crippen LogP contribution in [0.25, 0.3) is 0 Å². The minimum absolute atomic E-state index is 0.123. The van der Waals surface area contributed by atoms with Crippen molar-refractivity contribution in [1.82, 2.24) is 15.4 Å². The minimum atomic E-state index is -3.53. The van der Waals surface area contributed by atoms with E-state index in [1.165, 1.54) is 30.5 Å². The van der Waals surface area contributed by atoms with Crippen LogP contribution in [0.15, 0.2) is 45.1 Å². The number of carbonyl (C=O) groups excluding carboxylic acids is 2. The molecule has 0 aliphatic heterocycles. The summed E-state index contributed by atoms with van der Waals surface area (Å²) in [5.74, 6) is -0.696. The molecule has 1 heterocycles. The van der Waals surface area contributed by atoms with E-state index in [1.54, 1.807) is 24.3 Å². The van der Waals surface area contributed by atoms with E-state index in [0.717, 1.165) is 3.79 Å². The van der Waals surface area contributed by atoms with Crippen molar-refractivity contribution in [3.05, 3.63) is 50.6 Å². The maximum atomic E-state index is 11.8. The van der Waals surface area contributed by atoms with E-state index in [1.807, 2.05) is 0 Å². The van der Waals surface area contributed by atoms with Gasteiger partial charge >= 0.3 is 0 Å². The third kappa shape index (κ3) is 5.63. The summed E-state index contributed by atoms with van der Waals surface area (Å²) in [4.78, 5) is 24.3. The Morgan fingerprint density at radius 2 is 1.92 bits per heavy atom. The summed E-state index contributed by atoms with van der Waals surface area (Å²) >= 11 is 4.54. The molecule has 1 aromatic heterocycles. The van der Waals surface area contributed by atoms with Crippen LogP contribution in [-0.4, -0.2) is 33.8 Å². The van der Waals surface area contributed by atoms with Gasteiger partial charge in [-0.15, -0.1) is 11.3 Å². The summed E-state index contributed by atoms with van der Waals surface area (Å²) < 4.78 is 26.6. The number of nitrogens with one attached hydrogen (secondary N) is 3. The summed E-state index contributed by atoms with van der Waals surface area (Å²) in [6.07, 6.45) is 0. The molecule has 10 heteroatoms. The largest absolute Gasteiger partial charge is 0.350 e. The van der Waals surface area contributed by atoms with Gasteiger partial charge in [0.2, 0.25) is 15.9 Å². The van der Waals surface area contributed by atoms with E-state index >= 15 is 0 Å². The van der Waals surface area contributed by atoms with Crippen LogP contribution in [-0.2, 0) is 21.4 Å². The molecular weight excluding hydrogens is 430 g/mol. The van der Waals surface area contributed by atoms with E-state index in [-0.39, 0.29) is 29.8 Å². The molecule has 0 saturated carbocycles. The topological polar surface area (TPSA) is 104 Å². The quantitative estimate of drug-likeness (QED) is 0.599. The number of halogens is 1. The highest BCUT2D eigenvalue weighted by atomic mass is 79.9. The van der Waals surface area contributed by atoms with Crippen LogP contribution in [0.2, 0.25) is 0 Å². The lowest BCUT2D eigenvalue weighted by Gasteiger charge is -2.08. The molecule has 0 bridgehead atoms. The summed E-state index contributed by atoms with van der Waals surface area (Å²) in [5.41, 5.74) is 0.637. The number of rotatable bonds is 7. The Bertz CT molecular complexity index is 880. The van der Waals surface area contributed by atoms with Crippen molar-refractivity contribution in [2.45, 2.75) is 11.4 Å². The fourth-order valence-corrected chi connectivity index (χ4v) is 3.99. The fourth-order valence-electron chi connectivity index (χ4n) is 1.89. The Morgan fingerprint density at radius 3 is 2.56 bits per heavy atom. The molecule has 2 amide bonds. The maximum absolute atomic E-state index is 11.8. The highest BCUT2D eigenvalue weighted by Crippen LogP contribution is 2.21. The molecule has 0 aliphatic rings. The minimum Gasteiger partial charge on any atom is -0.350 e. The first-order valence-corrected chi connectivity index (χ1v) is 10.2. The van der Waals surface area contributed by atoms with Crippen molar-refractivity contribution in [3.63, 3.8) is 0 Å². The fraction of sp³-hybridized carbons (Fsp3) is 0.200. The Balaban J connectivity index is 1.86. The van der Waals surface area contributed by atoms with Crippen LogP contribution in [0.3, 0.4) is 0 Å². The average molecular weight is 446 g/mol. The highest BCUT2D eigenvalue weighted by molar-refractivity contribution is 9.11. The van der Waals surface area contributed by atoms with Crippen LogP contribution >= 0.6 is 27.3 Å². The lowest BCUT2D eigenvalue weighted by atomic mass is 10.2. The summed E-state index contributed by atoms with van der Waals surface area (Å²) in [5, 5.41) is 5.16. The van der Waals surface area contributed by atoms with E-state index in [2.05, 4.69) is 31.3 Å². The SMILES string of the molecule is CNS(=O)(=O)c1cccc(CNC(=O)CNC(=O)c2ccc(Br)s2)c1. The maximum Gasteiger partial charge on any atom is 0.261 e. The van der Waals surface area contributed by atoms with E-state index in [4.69, 9.17) is 0 Å². The second-order valence-corrected chi connectivity index (χ2v) is 9.27. The molecule has 25 heavy (non-hydrogen) atoms. The first kappa shape index (κ1) is 19.6. The van der Waals surface area contributed by atoms with E-state index in [9.17, 15) is 18.0 Å². The number of hydrogen-bond acceptors (Lipinski definition) is 5. The van der Waals surface area contributed by atoms with Gasteiger partial charge in [-0.3, -0.25) is 9.59 Å². The predicted octanol–water partition coefficient (Wildman–Crippen LogP) is 1.46. The summed E-state index contributed by atoms with van der Waals surface area (Å²) in [7, 11) is -2.20. The summed E-state index contributed by atoms with van der Waals surface area (Å²) in [6.45, 7) is -0.00478. The van der Waals surface area contributed by atoms with Crippen molar-refractivity contribution < 1.29 is 18.0 Å². The molecule has 0 fully saturated rings. The number of thiophene rings is 1. The van der Waals surface area contributed by atoms with Gasteiger partial charge < -0.3 is 10.6 Å². The Hall–Kier alpha value is -1.75. The Kier molecular flexibility index (Phi) is 6.71. The number of hydrogen-bond donors (Lipinski definition) is 3. The zero-order valence-corrected chi connectivity index (χ0v) is 16.4. The molecule has 2 aromatic rings. The van der Waals surface area contributed by atoms with Gasteiger partial charge in [-0.2, -0.15) is 0 Å². The predicted molar refractivity (Wildman–Crippen MR) is 98.9 cm³/mol. The number of sulfonamides is 1. The number of amides is 2. The van der Waals surface area contributed by atoms with Crippen LogP contribution in [0.1, 0.15) is 15.2 Å².